The number of aliphatic hydroxyl groups excluding tert-OH is 1. The lowest BCUT2D eigenvalue weighted by Gasteiger charge is -2.41. The van der Waals surface area contributed by atoms with Crippen molar-refractivity contribution in [2.24, 2.45) is 0 Å². The molecule has 1 aromatic rings. The predicted octanol–water partition coefficient (Wildman–Crippen LogP) is -0.176. The quantitative estimate of drug-likeness (QED) is 0.761. The minimum Gasteiger partial charge on any atom is -0.388 e. The molecule has 1 aromatic heterocycles. The van der Waals surface area contributed by atoms with Gasteiger partial charge in [0.15, 0.2) is 5.69 Å². The third kappa shape index (κ3) is 2.34. The zero-order valence-corrected chi connectivity index (χ0v) is 10.3. The second kappa shape index (κ2) is 4.99. The van der Waals surface area contributed by atoms with Crippen molar-refractivity contribution >= 4 is 5.91 Å². The van der Waals surface area contributed by atoms with E-state index in [-0.39, 0.29) is 18.1 Å². The number of piperidine rings is 1. The Morgan fingerprint density at radius 2 is 2.44 bits per heavy atom. The van der Waals surface area contributed by atoms with Crippen molar-refractivity contribution in [1.82, 2.24) is 15.1 Å². The van der Waals surface area contributed by atoms with Crippen LogP contribution >= 0.6 is 0 Å². The van der Waals surface area contributed by atoms with E-state index in [9.17, 15) is 15.0 Å². The first kappa shape index (κ1) is 12.9. The molecule has 2 heterocycles. The van der Waals surface area contributed by atoms with Crippen molar-refractivity contribution in [2.45, 2.75) is 31.5 Å². The summed E-state index contributed by atoms with van der Waals surface area (Å²) in [5.41, 5.74) is -0.828. The molecule has 0 spiro atoms. The van der Waals surface area contributed by atoms with Gasteiger partial charge in [-0.3, -0.25) is 4.79 Å². The number of amides is 1. The zero-order chi connectivity index (χ0) is 13.2. The Labute approximate surface area is 105 Å². The lowest BCUT2D eigenvalue weighted by Crippen LogP contribution is -2.56. The summed E-state index contributed by atoms with van der Waals surface area (Å²) in [7, 11) is 0. The van der Waals surface area contributed by atoms with Crippen LogP contribution in [0.1, 0.15) is 30.3 Å². The molecule has 0 saturated carbocycles. The monoisotopic (exact) mass is 251 g/mol. The molecule has 2 atom stereocenters. The molecule has 1 aliphatic heterocycles. The van der Waals surface area contributed by atoms with Crippen molar-refractivity contribution < 1.29 is 15.0 Å². The van der Waals surface area contributed by atoms with Crippen LogP contribution in [0, 0.1) is 0 Å². The summed E-state index contributed by atoms with van der Waals surface area (Å²) in [4.78, 5) is 13.6. The molecular weight excluding hydrogens is 234 g/mol. The summed E-state index contributed by atoms with van der Waals surface area (Å²) in [6.07, 6.45) is 1.42. The maximum absolute atomic E-state index is 12.1. The first-order chi connectivity index (χ1) is 8.57. The highest BCUT2D eigenvalue weighted by Gasteiger charge is 2.40. The lowest BCUT2D eigenvalue weighted by molar-refractivity contribution is -0.114. The van der Waals surface area contributed by atoms with Crippen molar-refractivity contribution in [2.75, 3.05) is 13.1 Å². The summed E-state index contributed by atoms with van der Waals surface area (Å²) >= 11 is 0. The van der Waals surface area contributed by atoms with Gasteiger partial charge in [-0.1, -0.05) is 6.92 Å². The molecule has 0 aliphatic carbocycles. The minimum atomic E-state index is -1.08. The van der Waals surface area contributed by atoms with E-state index in [2.05, 4.69) is 10.2 Å². The van der Waals surface area contributed by atoms with Crippen LogP contribution in [0.25, 0.3) is 0 Å². The van der Waals surface area contributed by atoms with Crippen molar-refractivity contribution in [3.05, 3.63) is 24.0 Å². The highest BCUT2D eigenvalue weighted by molar-refractivity contribution is 5.92. The normalized spacial score (nSPS) is 28.2. The van der Waals surface area contributed by atoms with Crippen LogP contribution in [-0.2, 0) is 0 Å². The summed E-state index contributed by atoms with van der Waals surface area (Å²) in [5, 5.41) is 27.4. The fourth-order valence-corrected chi connectivity index (χ4v) is 2.14. The molecule has 1 saturated heterocycles. The average Bonchev–Trinajstić information content (AvgIpc) is 2.42. The predicted molar refractivity (Wildman–Crippen MR) is 63.8 cm³/mol. The molecule has 1 fully saturated rings. The highest BCUT2D eigenvalue weighted by Crippen LogP contribution is 2.26. The Balaban J connectivity index is 2.07. The summed E-state index contributed by atoms with van der Waals surface area (Å²) < 4.78 is 0. The van der Waals surface area contributed by atoms with Crippen LogP contribution < -0.4 is 0 Å². The molecule has 1 aliphatic rings. The van der Waals surface area contributed by atoms with Crippen LogP contribution in [0.2, 0.25) is 0 Å². The fourth-order valence-electron chi connectivity index (χ4n) is 2.14. The van der Waals surface area contributed by atoms with Gasteiger partial charge in [-0.25, -0.2) is 0 Å². The Morgan fingerprint density at radius 1 is 1.67 bits per heavy atom. The second-order valence-electron chi connectivity index (χ2n) is 4.58. The van der Waals surface area contributed by atoms with Gasteiger partial charge in [0.2, 0.25) is 0 Å². The molecule has 2 rings (SSSR count). The number of likely N-dealkylation sites (tertiary alicyclic amines) is 1. The minimum absolute atomic E-state index is 0.125. The number of nitrogens with zero attached hydrogens (tertiary/aromatic N) is 3. The number of hydrogen-bond acceptors (Lipinski definition) is 5. The van der Waals surface area contributed by atoms with E-state index in [1.807, 2.05) is 6.92 Å². The van der Waals surface area contributed by atoms with Crippen LogP contribution in [0.4, 0.5) is 0 Å². The number of aliphatic hydroxyl groups is 2. The molecule has 18 heavy (non-hydrogen) atoms. The smallest absolute Gasteiger partial charge is 0.274 e. The standard InChI is InChI=1S/C12H17N3O3/c1-2-12(18)5-7-15(8-10(12)16)11(17)9-4-3-6-13-14-9/h3-4,6,10,16,18H,2,5,7-8H2,1H3/t10-,12-/m1/s1. The van der Waals surface area contributed by atoms with Gasteiger partial charge in [-0.2, -0.15) is 5.10 Å². The summed E-state index contributed by atoms with van der Waals surface area (Å²) in [5.74, 6) is -0.264. The Hall–Kier alpha value is -1.53. The fraction of sp³-hybridized carbons (Fsp3) is 0.583. The zero-order valence-electron chi connectivity index (χ0n) is 10.3. The summed E-state index contributed by atoms with van der Waals surface area (Å²) in [6, 6.07) is 3.23. The van der Waals surface area contributed by atoms with Crippen LogP contribution in [0.3, 0.4) is 0 Å². The molecule has 1 amide bonds. The maximum Gasteiger partial charge on any atom is 0.274 e. The lowest BCUT2D eigenvalue weighted by atomic mass is 9.86. The molecule has 0 bridgehead atoms. The van der Waals surface area contributed by atoms with Gasteiger partial charge < -0.3 is 15.1 Å². The molecule has 6 nitrogen and oxygen atoms in total. The van der Waals surface area contributed by atoms with E-state index < -0.39 is 11.7 Å². The van der Waals surface area contributed by atoms with Crippen LogP contribution in [0.5, 0.6) is 0 Å². The van der Waals surface area contributed by atoms with E-state index in [1.54, 1.807) is 12.1 Å². The first-order valence-electron chi connectivity index (χ1n) is 6.04. The molecule has 0 unspecified atom stereocenters. The maximum atomic E-state index is 12.1. The van der Waals surface area contributed by atoms with E-state index in [1.165, 1.54) is 11.1 Å². The topological polar surface area (TPSA) is 86.5 Å². The number of carbonyl (C=O) groups excluding carboxylic acids is 1. The number of carbonyl (C=O) groups is 1. The second-order valence-corrected chi connectivity index (χ2v) is 4.58. The summed E-state index contributed by atoms with van der Waals surface area (Å²) in [6.45, 7) is 2.36. The Bertz CT molecular complexity index is 426. The molecular formula is C12H17N3O3. The third-order valence-electron chi connectivity index (χ3n) is 3.52. The van der Waals surface area contributed by atoms with Crippen LogP contribution in [0.15, 0.2) is 18.3 Å². The van der Waals surface area contributed by atoms with E-state index in [0.717, 1.165) is 0 Å². The average molecular weight is 251 g/mol. The number of rotatable bonds is 2. The number of aromatic nitrogens is 2. The molecule has 0 radical (unpaired) electrons. The molecule has 2 N–H and O–H groups in total. The molecule has 6 heteroatoms. The number of β-amino-alcohol motifs (C(OH)–C–C–N with tert-alkyl or cyclic N) is 1. The van der Waals surface area contributed by atoms with Gasteiger partial charge >= 0.3 is 0 Å². The van der Waals surface area contributed by atoms with Gasteiger partial charge in [0, 0.05) is 19.3 Å². The van der Waals surface area contributed by atoms with Crippen LogP contribution in [-0.4, -0.2) is 56.0 Å². The Kier molecular flexibility index (Phi) is 3.58. The van der Waals surface area contributed by atoms with Crippen molar-refractivity contribution in [3.8, 4) is 0 Å². The number of hydrogen-bond donors (Lipinski definition) is 2. The van der Waals surface area contributed by atoms with Crippen molar-refractivity contribution in [1.29, 1.82) is 0 Å². The van der Waals surface area contributed by atoms with Crippen molar-refractivity contribution in [3.63, 3.8) is 0 Å². The highest BCUT2D eigenvalue weighted by atomic mass is 16.3. The SMILES string of the molecule is CC[C@@]1(O)CCN(C(=O)c2cccnn2)C[C@H]1O. The van der Waals surface area contributed by atoms with Gasteiger partial charge in [0.25, 0.3) is 5.91 Å². The van der Waals surface area contributed by atoms with Gasteiger partial charge in [0.05, 0.1) is 5.60 Å². The first-order valence-corrected chi connectivity index (χ1v) is 6.04. The van der Waals surface area contributed by atoms with E-state index in [4.69, 9.17) is 0 Å². The largest absolute Gasteiger partial charge is 0.388 e. The molecule has 0 aromatic carbocycles. The van der Waals surface area contributed by atoms with Gasteiger partial charge in [0.1, 0.15) is 6.10 Å². The van der Waals surface area contributed by atoms with E-state index >= 15 is 0 Å². The van der Waals surface area contributed by atoms with Gasteiger partial charge in [-0.05, 0) is 25.0 Å². The molecule has 98 valence electrons. The van der Waals surface area contributed by atoms with Gasteiger partial charge in [-0.15, -0.1) is 5.10 Å². The third-order valence-corrected chi connectivity index (χ3v) is 3.52. The Morgan fingerprint density at radius 3 is 3.00 bits per heavy atom. The van der Waals surface area contributed by atoms with E-state index in [0.29, 0.717) is 19.4 Å².